The summed E-state index contributed by atoms with van der Waals surface area (Å²) in [5.74, 6) is -0.984. The number of carbonyl (C=O) groups excluding carboxylic acids is 2. The number of hydrogen-bond donors (Lipinski definition) is 1. The van der Waals surface area contributed by atoms with E-state index in [1.165, 1.54) is 0 Å². The Kier molecular flexibility index (Phi) is 2.65. The number of hydrogen-bond acceptors (Lipinski definition) is 3. The second kappa shape index (κ2) is 3.87. The van der Waals surface area contributed by atoms with Crippen molar-refractivity contribution in [3.63, 3.8) is 0 Å². The normalized spacial score (nSPS) is 21.4. The van der Waals surface area contributed by atoms with Gasteiger partial charge in [-0.15, -0.1) is 0 Å². The molecule has 0 unspecified atom stereocenters. The minimum atomic E-state index is -0.828. The Bertz CT molecular complexity index is 479. The predicted octanol–water partition coefficient (Wildman–Crippen LogP) is 1.47. The van der Waals surface area contributed by atoms with Gasteiger partial charge in [-0.1, -0.05) is 18.2 Å². The molecule has 1 aromatic carbocycles. The van der Waals surface area contributed by atoms with Crippen molar-refractivity contribution in [2.75, 3.05) is 7.05 Å². The van der Waals surface area contributed by atoms with Crippen LogP contribution in [0.1, 0.15) is 35.7 Å². The topological polar surface area (TPSA) is 55.4 Å². The van der Waals surface area contributed by atoms with E-state index in [1.54, 1.807) is 39.1 Å². The predicted molar refractivity (Wildman–Crippen MR) is 62.7 cm³/mol. The van der Waals surface area contributed by atoms with E-state index in [2.05, 4.69) is 5.32 Å². The van der Waals surface area contributed by atoms with Crippen LogP contribution in [0.2, 0.25) is 0 Å². The first-order valence-corrected chi connectivity index (χ1v) is 5.51. The minimum absolute atomic E-state index is 0.144. The molecule has 4 heteroatoms. The third kappa shape index (κ3) is 1.79. The zero-order valence-corrected chi connectivity index (χ0v) is 10.1. The smallest absolute Gasteiger partial charge is 0.338 e. The molecule has 1 heterocycles. The van der Waals surface area contributed by atoms with Crippen molar-refractivity contribution in [1.82, 2.24) is 5.32 Å². The standard InChI is InChI=1S/C13H15NO3/c1-13(2)10(11(15)14-3)8-6-4-5-7-9(8)12(16)17-13/h4-7,10H,1-3H3,(H,14,15)/t10-/m1/s1. The van der Waals surface area contributed by atoms with E-state index in [1.807, 2.05) is 6.07 Å². The molecule has 2 rings (SSSR count). The molecule has 4 nitrogen and oxygen atoms in total. The monoisotopic (exact) mass is 233 g/mol. The molecule has 1 atom stereocenters. The molecule has 90 valence electrons. The average molecular weight is 233 g/mol. The maximum atomic E-state index is 11.9. The summed E-state index contributed by atoms with van der Waals surface area (Å²) >= 11 is 0. The SMILES string of the molecule is CNC(=O)[C@H]1c2ccccc2C(=O)OC1(C)C. The molecule has 0 fully saturated rings. The Labute approximate surface area is 100.0 Å². The lowest BCUT2D eigenvalue weighted by atomic mass is 9.79. The first kappa shape index (κ1) is 11.6. The Hall–Kier alpha value is -1.84. The minimum Gasteiger partial charge on any atom is -0.455 e. The van der Waals surface area contributed by atoms with Gasteiger partial charge in [0.25, 0.3) is 0 Å². The first-order valence-electron chi connectivity index (χ1n) is 5.51. The van der Waals surface area contributed by atoms with Crippen LogP contribution in [-0.4, -0.2) is 24.5 Å². The molecule has 1 aliphatic rings. The van der Waals surface area contributed by atoms with E-state index in [9.17, 15) is 9.59 Å². The van der Waals surface area contributed by atoms with Crippen LogP contribution in [0.25, 0.3) is 0 Å². The number of ether oxygens (including phenoxy) is 1. The lowest BCUT2D eigenvalue weighted by Crippen LogP contribution is -2.47. The van der Waals surface area contributed by atoms with Crippen LogP contribution < -0.4 is 5.32 Å². The van der Waals surface area contributed by atoms with Gasteiger partial charge in [-0.2, -0.15) is 0 Å². The summed E-state index contributed by atoms with van der Waals surface area (Å²) in [6.07, 6.45) is 0. The highest BCUT2D eigenvalue weighted by Crippen LogP contribution is 2.38. The highest BCUT2D eigenvalue weighted by atomic mass is 16.6. The number of carbonyl (C=O) groups is 2. The van der Waals surface area contributed by atoms with Gasteiger partial charge in [-0.05, 0) is 25.5 Å². The van der Waals surface area contributed by atoms with E-state index < -0.39 is 11.5 Å². The highest BCUT2D eigenvalue weighted by molar-refractivity contribution is 5.97. The summed E-state index contributed by atoms with van der Waals surface area (Å²) in [5.41, 5.74) is 0.374. The van der Waals surface area contributed by atoms with Crippen molar-refractivity contribution in [3.05, 3.63) is 35.4 Å². The molecule has 0 saturated heterocycles. The average Bonchev–Trinajstić information content (AvgIpc) is 2.27. The Balaban J connectivity index is 2.59. The molecule has 1 amide bonds. The summed E-state index contributed by atoms with van der Waals surface area (Å²) in [5, 5.41) is 2.62. The molecule has 1 N–H and O–H groups in total. The maximum absolute atomic E-state index is 11.9. The highest BCUT2D eigenvalue weighted by Gasteiger charge is 2.45. The number of benzene rings is 1. The maximum Gasteiger partial charge on any atom is 0.338 e. The number of fused-ring (bicyclic) bond motifs is 1. The number of nitrogens with one attached hydrogen (secondary N) is 1. The molecular weight excluding hydrogens is 218 g/mol. The van der Waals surface area contributed by atoms with Gasteiger partial charge in [-0.25, -0.2) is 4.79 Å². The van der Waals surface area contributed by atoms with Gasteiger partial charge in [0, 0.05) is 7.05 Å². The molecule has 17 heavy (non-hydrogen) atoms. The van der Waals surface area contributed by atoms with Crippen molar-refractivity contribution in [2.45, 2.75) is 25.4 Å². The number of cyclic esters (lactones) is 1. The number of likely N-dealkylation sites (N-methyl/N-ethyl adjacent to an activating group) is 1. The summed E-state index contributed by atoms with van der Waals surface area (Å²) in [6.45, 7) is 3.50. The van der Waals surface area contributed by atoms with E-state index in [-0.39, 0.29) is 11.9 Å². The third-order valence-corrected chi connectivity index (χ3v) is 3.05. The lowest BCUT2D eigenvalue weighted by Gasteiger charge is -2.37. The molecule has 1 aromatic rings. The van der Waals surface area contributed by atoms with Crippen molar-refractivity contribution in [2.24, 2.45) is 0 Å². The molecule has 0 aliphatic carbocycles. The first-order chi connectivity index (χ1) is 7.97. The number of amides is 1. The van der Waals surface area contributed by atoms with Crippen molar-refractivity contribution in [3.8, 4) is 0 Å². The van der Waals surface area contributed by atoms with Crippen molar-refractivity contribution in [1.29, 1.82) is 0 Å². The van der Waals surface area contributed by atoms with Crippen LogP contribution in [0.5, 0.6) is 0 Å². The van der Waals surface area contributed by atoms with Crippen molar-refractivity contribution < 1.29 is 14.3 Å². The van der Waals surface area contributed by atoms with Crippen LogP contribution in [0.4, 0.5) is 0 Å². The Morgan fingerprint density at radius 2 is 2.00 bits per heavy atom. The van der Waals surface area contributed by atoms with Crippen molar-refractivity contribution >= 4 is 11.9 Å². The molecule has 1 aliphatic heterocycles. The lowest BCUT2D eigenvalue weighted by molar-refractivity contribution is -0.128. The van der Waals surface area contributed by atoms with Crippen LogP contribution in [-0.2, 0) is 9.53 Å². The van der Waals surface area contributed by atoms with Gasteiger partial charge in [0.05, 0.1) is 5.56 Å². The number of esters is 1. The molecule has 0 saturated carbocycles. The second-order valence-corrected chi connectivity index (χ2v) is 4.63. The zero-order valence-electron chi connectivity index (χ0n) is 10.1. The molecule has 0 bridgehead atoms. The van der Waals surface area contributed by atoms with Gasteiger partial charge in [-0.3, -0.25) is 4.79 Å². The van der Waals surface area contributed by atoms with Gasteiger partial charge < -0.3 is 10.1 Å². The molecular formula is C13H15NO3. The summed E-state index contributed by atoms with van der Waals surface area (Å²) in [7, 11) is 1.58. The fourth-order valence-electron chi connectivity index (χ4n) is 2.26. The van der Waals surface area contributed by atoms with E-state index in [0.717, 1.165) is 5.56 Å². The quantitative estimate of drug-likeness (QED) is 0.747. The van der Waals surface area contributed by atoms with Crippen LogP contribution in [0, 0.1) is 0 Å². The zero-order chi connectivity index (χ0) is 12.6. The van der Waals surface area contributed by atoms with E-state index >= 15 is 0 Å². The molecule has 0 spiro atoms. The third-order valence-electron chi connectivity index (χ3n) is 3.05. The van der Waals surface area contributed by atoms with Gasteiger partial charge in [0.2, 0.25) is 5.91 Å². The van der Waals surface area contributed by atoms with Gasteiger partial charge in [0.15, 0.2) is 0 Å². The van der Waals surface area contributed by atoms with Gasteiger partial charge >= 0.3 is 5.97 Å². The second-order valence-electron chi connectivity index (χ2n) is 4.63. The van der Waals surface area contributed by atoms with Gasteiger partial charge in [0.1, 0.15) is 11.5 Å². The Morgan fingerprint density at radius 3 is 2.65 bits per heavy atom. The summed E-state index contributed by atoms with van der Waals surface area (Å²) < 4.78 is 5.34. The van der Waals surface area contributed by atoms with E-state index in [4.69, 9.17) is 4.74 Å². The van der Waals surface area contributed by atoms with Crippen LogP contribution >= 0.6 is 0 Å². The van der Waals surface area contributed by atoms with E-state index in [0.29, 0.717) is 5.56 Å². The van der Waals surface area contributed by atoms with Crippen LogP contribution in [0.15, 0.2) is 24.3 Å². The Morgan fingerprint density at radius 1 is 1.35 bits per heavy atom. The van der Waals surface area contributed by atoms with Crippen LogP contribution in [0.3, 0.4) is 0 Å². The molecule has 0 aromatic heterocycles. The summed E-state index contributed by atoms with van der Waals surface area (Å²) in [6, 6.07) is 7.07. The largest absolute Gasteiger partial charge is 0.455 e. The number of rotatable bonds is 1. The fourth-order valence-corrected chi connectivity index (χ4v) is 2.26. The fraction of sp³-hybridized carbons (Fsp3) is 0.385. The molecule has 0 radical (unpaired) electrons. The summed E-state index contributed by atoms with van der Waals surface area (Å²) in [4.78, 5) is 23.8.